The number of alkyl halides is 2. The first-order valence-electron chi connectivity index (χ1n) is 12.0. The average Bonchev–Trinajstić information content (AvgIpc) is 3.32. The van der Waals surface area contributed by atoms with Gasteiger partial charge in [-0.15, -0.1) is 0 Å². The molecule has 1 aromatic heterocycles. The van der Waals surface area contributed by atoms with Crippen LogP contribution in [0.2, 0.25) is 5.02 Å². The van der Waals surface area contributed by atoms with E-state index in [-0.39, 0.29) is 24.4 Å². The first-order chi connectivity index (χ1) is 16.8. The summed E-state index contributed by atoms with van der Waals surface area (Å²) in [5.74, 6) is 0.506. The number of halogens is 3. The maximum atomic E-state index is 12.6. The van der Waals surface area contributed by atoms with Gasteiger partial charge >= 0.3 is 0 Å². The van der Waals surface area contributed by atoms with Gasteiger partial charge in [-0.05, 0) is 67.7 Å². The highest BCUT2D eigenvalue weighted by molar-refractivity contribution is 6.32. The Labute approximate surface area is 207 Å². The van der Waals surface area contributed by atoms with Gasteiger partial charge in [-0.3, -0.25) is 4.79 Å². The van der Waals surface area contributed by atoms with Crippen molar-refractivity contribution in [2.75, 3.05) is 17.2 Å². The molecule has 35 heavy (non-hydrogen) atoms. The van der Waals surface area contributed by atoms with Crippen LogP contribution >= 0.6 is 11.6 Å². The molecular weight excluding hydrogens is 474 g/mol. The Hall–Kier alpha value is -2.78. The summed E-state index contributed by atoms with van der Waals surface area (Å²) in [6, 6.07) is 6.20. The van der Waals surface area contributed by atoms with Gasteiger partial charge in [0.05, 0.1) is 24.2 Å². The molecule has 4 atom stereocenters. The lowest BCUT2D eigenvalue weighted by Crippen LogP contribution is -2.46. The van der Waals surface area contributed by atoms with Gasteiger partial charge in [0, 0.05) is 11.7 Å². The van der Waals surface area contributed by atoms with E-state index in [0.717, 1.165) is 44.2 Å². The molecule has 1 heterocycles. The predicted octanol–water partition coefficient (Wildman–Crippen LogP) is 4.21. The van der Waals surface area contributed by atoms with Crippen LogP contribution < -0.4 is 21.7 Å². The highest BCUT2D eigenvalue weighted by Crippen LogP contribution is 2.48. The van der Waals surface area contributed by atoms with Crippen LogP contribution in [0.5, 0.6) is 0 Å². The largest absolute Gasteiger partial charge is 0.369 e. The lowest BCUT2D eigenvalue weighted by atomic mass is 9.85. The number of anilines is 3. The van der Waals surface area contributed by atoms with Gasteiger partial charge in [-0.2, -0.15) is 4.98 Å². The standard InChI is InChI=1S/C25H29ClF2N6O/c26-20-12-31-24(33-23(20)34-25-8-7-14(11-25)9-19(25)22(29)35)32-18-6-2-15-1-4-17(30-13-21(27)28)5-3-16(15)10-18/h2,6-8,10,12,14,17,19,21,30H,1,3-5,9,11,13H2,(H2,29,35)(H2,31,32,33,34). The lowest BCUT2D eigenvalue weighted by molar-refractivity contribution is -0.122. The van der Waals surface area contributed by atoms with E-state index in [9.17, 15) is 13.6 Å². The molecule has 5 rings (SSSR count). The molecule has 3 aliphatic rings. The van der Waals surface area contributed by atoms with Gasteiger partial charge in [0.25, 0.3) is 6.43 Å². The molecule has 1 aromatic carbocycles. The average molecular weight is 503 g/mol. The third-order valence-corrected chi connectivity index (χ3v) is 7.69. The van der Waals surface area contributed by atoms with Gasteiger partial charge in [-0.1, -0.05) is 29.8 Å². The van der Waals surface area contributed by atoms with Crippen molar-refractivity contribution in [1.29, 1.82) is 0 Å². The number of nitrogens with one attached hydrogen (secondary N) is 3. The van der Waals surface area contributed by atoms with Crippen molar-refractivity contribution in [3.05, 3.63) is 52.7 Å². The Bertz CT molecular complexity index is 1140. The van der Waals surface area contributed by atoms with E-state index in [1.165, 1.54) is 17.3 Å². The van der Waals surface area contributed by atoms with Crippen LogP contribution in [0.25, 0.3) is 0 Å². The monoisotopic (exact) mass is 502 g/mol. The SMILES string of the molecule is NC(=O)C1CC2C=CC1(Nc1nc(Nc3ccc4c(c3)CCC(NCC(F)F)CC4)ncc1Cl)C2. The molecule has 2 aromatic rings. The van der Waals surface area contributed by atoms with Crippen LogP contribution in [0.1, 0.15) is 36.8 Å². The normalized spacial score (nSPS) is 27.0. The molecule has 7 nitrogen and oxygen atoms in total. The minimum atomic E-state index is -2.34. The topological polar surface area (TPSA) is 105 Å². The van der Waals surface area contributed by atoms with E-state index < -0.39 is 12.0 Å². The van der Waals surface area contributed by atoms with E-state index in [1.807, 2.05) is 12.1 Å². The Morgan fingerprint density at radius 1 is 1.26 bits per heavy atom. The number of hydrogen-bond acceptors (Lipinski definition) is 6. The number of allylic oxidation sites excluding steroid dienone is 1. The van der Waals surface area contributed by atoms with Crippen molar-refractivity contribution in [1.82, 2.24) is 15.3 Å². The number of nitrogens with two attached hydrogens (primary N) is 1. The third-order valence-electron chi connectivity index (χ3n) is 7.41. The van der Waals surface area contributed by atoms with Gasteiger partial charge in [0.2, 0.25) is 11.9 Å². The van der Waals surface area contributed by atoms with Crippen LogP contribution in [0, 0.1) is 11.8 Å². The number of amides is 1. The van der Waals surface area contributed by atoms with Gasteiger partial charge < -0.3 is 21.7 Å². The number of nitrogens with zero attached hydrogens (tertiary/aromatic N) is 2. The van der Waals surface area contributed by atoms with E-state index >= 15 is 0 Å². The Kier molecular flexibility index (Phi) is 6.63. The van der Waals surface area contributed by atoms with Crippen LogP contribution in [0.15, 0.2) is 36.5 Å². The third kappa shape index (κ3) is 5.11. The number of primary amides is 1. The van der Waals surface area contributed by atoms with Gasteiger partial charge in [0.15, 0.2) is 5.82 Å². The van der Waals surface area contributed by atoms with Crippen molar-refractivity contribution in [2.24, 2.45) is 17.6 Å². The summed E-state index contributed by atoms with van der Waals surface area (Å²) in [7, 11) is 0. The van der Waals surface area contributed by atoms with E-state index in [2.05, 4.69) is 44.1 Å². The van der Waals surface area contributed by atoms with E-state index in [4.69, 9.17) is 17.3 Å². The number of benzene rings is 1. The second kappa shape index (κ2) is 9.70. The van der Waals surface area contributed by atoms with Crippen molar-refractivity contribution < 1.29 is 13.6 Å². The fraction of sp³-hybridized carbons (Fsp3) is 0.480. The number of aromatic nitrogens is 2. The van der Waals surface area contributed by atoms with Crippen molar-refractivity contribution in [3.63, 3.8) is 0 Å². The maximum Gasteiger partial charge on any atom is 0.250 e. The minimum Gasteiger partial charge on any atom is -0.369 e. The quantitative estimate of drug-likeness (QED) is 0.318. The van der Waals surface area contributed by atoms with Crippen molar-refractivity contribution in [2.45, 2.75) is 56.5 Å². The Morgan fingerprint density at radius 2 is 2.06 bits per heavy atom. The summed E-state index contributed by atoms with van der Waals surface area (Å²) in [5.41, 5.74) is 8.36. The summed E-state index contributed by atoms with van der Waals surface area (Å²) in [6.07, 6.45) is 8.13. The van der Waals surface area contributed by atoms with Gasteiger partial charge in [0.1, 0.15) is 5.02 Å². The zero-order chi connectivity index (χ0) is 24.6. The molecule has 4 unspecified atom stereocenters. The second-order valence-electron chi connectivity index (χ2n) is 9.75. The highest BCUT2D eigenvalue weighted by atomic mass is 35.5. The molecule has 2 bridgehead atoms. The molecule has 0 saturated heterocycles. The van der Waals surface area contributed by atoms with Crippen LogP contribution in [-0.2, 0) is 17.6 Å². The summed E-state index contributed by atoms with van der Waals surface area (Å²) in [5, 5.41) is 9.97. The summed E-state index contributed by atoms with van der Waals surface area (Å²) < 4.78 is 25.1. The highest BCUT2D eigenvalue weighted by Gasteiger charge is 2.51. The van der Waals surface area contributed by atoms with Crippen LogP contribution in [0.3, 0.4) is 0 Å². The molecule has 1 saturated carbocycles. The number of carbonyl (C=O) groups excluding carboxylic acids is 1. The predicted molar refractivity (Wildman–Crippen MR) is 132 cm³/mol. The lowest BCUT2D eigenvalue weighted by Gasteiger charge is -2.32. The second-order valence-corrected chi connectivity index (χ2v) is 10.2. The molecule has 3 aliphatic carbocycles. The number of hydrogen-bond donors (Lipinski definition) is 4. The van der Waals surface area contributed by atoms with Gasteiger partial charge in [-0.25, -0.2) is 13.8 Å². The Morgan fingerprint density at radius 3 is 2.80 bits per heavy atom. The van der Waals surface area contributed by atoms with E-state index in [0.29, 0.717) is 22.7 Å². The Balaban J connectivity index is 1.29. The van der Waals surface area contributed by atoms with Crippen LogP contribution in [0.4, 0.5) is 26.2 Å². The number of carbonyl (C=O) groups is 1. The smallest absolute Gasteiger partial charge is 0.250 e. The summed E-state index contributed by atoms with van der Waals surface area (Å²) in [6.45, 7) is -0.268. The number of rotatable bonds is 8. The molecule has 10 heteroatoms. The first kappa shape index (κ1) is 23.9. The molecule has 0 aliphatic heterocycles. The molecular formula is C25H29ClF2N6O. The number of aryl methyl sites for hydroxylation is 2. The summed E-state index contributed by atoms with van der Waals surface area (Å²) >= 11 is 6.40. The maximum absolute atomic E-state index is 12.6. The molecule has 0 radical (unpaired) electrons. The minimum absolute atomic E-state index is 0.0875. The molecule has 1 amide bonds. The van der Waals surface area contributed by atoms with E-state index in [1.54, 1.807) is 0 Å². The van der Waals surface area contributed by atoms with Crippen LogP contribution in [-0.4, -0.2) is 40.4 Å². The zero-order valence-corrected chi connectivity index (χ0v) is 20.0. The fourth-order valence-electron chi connectivity index (χ4n) is 5.67. The first-order valence-corrected chi connectivity index (χ1v) is 12.4. The van der Waals surface area contributed by atoms with Crippen molar-refractivity contribution in [3.8, 4) is 0 Å². The molecule has 0 spiro atoms. The molecule has 5 N–H and O–H groups in total. The number of fused-ring (bicyclic) bond motifs is 3. The fourth-order valence-corrected chi connectivity index (χ4v) is 5.81. The summed E-state index contributed by atoms with van der Waals surface area (Å²) in [4.78, 5) is 20.9. The molecule has 1 fully saturated rings. The van der Waals surface area contributed by atoms with Crippen molar-refractivity contribution >= 4 is 35.0 Å². The molecule has 186 valence electrons. The zero-order valence-electron chi connectivity index (χ0n) is 19.2.